The van der Waals surface area contributed by atoms with Gasteiger partial charge in [0.25, 0.3) is 5.91 Å². The number of hydrogen-bond acceptors (Lipinski definition) is 3. The number of carbonyl (C=O) groups is 2. The van der Waals surface area contributed by atoms with Gasteiger partial charge < -0.3 is 15.2 Å². The summed E-state index contributed by atoms with van der Waals surface area (Å²) in [5, 5.41) is 11.3. The van der Waals surface area contributed by atoms with Crippen LogP contribution in [0.25, 0.3) is 0 Å². The minimum absolute atomic E-state index is 0.383. The molecule has 0 heterocycles. The van der Waals surface area contributed by atoms with Gasteiger partial charge in [0.1, 0.15) is 11.8 Å². The Kier molecular flexibility index (Phi) is 6.00. The summed E-state index contributed by atoms with van der Waals surface area (Å²) in [7, 11) is 0. The molecule has 0 aliphatic rings. The maximum atomic E-state index is 12.9. The van der Waals surface area contributed by atoms with Crippen LogP contribution >= 0.6 is 0 Å². The molecule has 0 saturated heterocycles. The lowest BCUT2D eigenvalue weighted by atomic mass is 10.0. The quantitative estimate of drug-likeness (QED) is 0.839. The van der Waals surface area contributed by atoms with E-state index in [2.05, 4.69) is 5.32 Å². The van der Waals surface area contributed by atoms with Crippen LogP contribution < -0.4 is 10.1 Å². The topological polar surface area (TPSA) is 75.6 Å². The smallest absolute Gasteiger partial charge is 0.419 e. The van der Waals surface area contributed by atoms with E-state index in [1.807, 2.05) is 0 Å². The zero-order valence-electron chi connectivity index (χ0n) is 12.8. The largest absolute Gasteiger partial charge is 0.480 e. The molecule has 0 aliphatic heterocycles. The van der Waals surface area contributed by atoms with Gasteiger partial charge in [0, 0.05) is 0 Å². The van der Waals surface area contributed by atoms with Crippen molar-refractivity contribution in [3.63, 3.8) is 0 Å². The van der Waals surface area contributed by atoms with E-state index in [0.29, 0.717) is 0 Å². The van der Waals surface area contributed by atoms with Crippen LogP contribution in [0.4, 0.5) is 13.2 Å². The number of para-hydroxylation sites is 1. The van der Waals surface area contributed by atoms with Crippen molar-refractivity contribution in [2.45, 2.75) is 39.1 Å². The average molecular weight is 333 g/mol. The number of halogens is 3. The molecule has 1 amide bonds. The van der Waals surface area contributed by atoms with Gasteiger partial charge in [0.15, 0.2) is 6.10 Å². The van der Waals surface area contributed by atoms with Gasteiger partial charge in [-0.05, 0) is 25.0 Å². The Hall–Kier alpha value is -2.25. The Morgan fingerprint density at radius 2 is 1.74 bits per heavy atom. The number of rotatable bonds is 6. The van der Waals surface area contributed by atoms with Crippen LogP contribution in [0.3, 0.4) is 0 Å². The molecule has 8 heteroatoms. The van der Waals surface area contributed by atoms with Crippen LogP contribution in [-0.4, -0.2) is 29.1 Å². The molecule has 0 aliphatic carbocycles. The van der Waals surface area contributed by atoms with Crippen LogP contribution in [0.5, 0.6) is 5.75 Å². The Morgan fingerprint density at radius 1 is 1.17 bits per heavy atom. The van der Waals surface area contributed by atoms with Crippen molar-refractivity contribution in [3.8, 4) is 5.75 Å². The van der Waals surface area contributed by atoms with Crippen LogP contribution in [0, 0.1) is 5.92 Å². The summed E-state index contributed by atoms with van der Waals surface area (Å²) in [6.07, 6.45) is -5.90. The van der Waals surface area contributed by atoms with Crippen molar-refractivity contribution in [2.75, 3.05) is 0 Å². The number of ether oxygens (including phenoxy) is 1. The Labute approximate surface area is 131 Å². The molecular weight excluding hydrogens is 315 g/mol. The summed E-state index contributed by atoms with van der Waals surface area (Å²) in [6, 6.07) is 3.35. The average Bonchev–Trinajstić information content (AvgIpc) is 2.43. The van der Waals surface area contributed by atoms with E-state index >= 15 is 0 Å². The Balaban J connectivity index is 2.86. The molecular formula is C15H18F3NO4. The van der Waals surface area contributed by atoms with Crippen molar-refractivity contribution < 1.29 is 32.6 Å². The summed E-state index contributed by atoms with van der Waals surface area (Å²) in [5.74, 6) is -2.90. The number of carboxylic acid groups (broad SMARTS) is 1. The molecule has 0 aromatic heterocycles. The lowest BCUT2D eigenvalue weighted by molar-refractivity contribution is -0.144. The molecule has 0 fully saturated rings. The molecule has 128 valence electrons. The molecule has 1 aromatic carbocycles. The zero-order valence-corrected chi connectivity index (χ0v) is 12.8. The summed E-state index contributed by atoms with van der Waals surface area (Å²) in [4.78, 5) is 23.0. The fourth-order valence-electron chi connectivity index (χ4n) is 1.83. The van der Waals surface area contributed by atoms with Crippen molar-refractivity contribution in [2.24, 2.45) is 5.92 Å². The number of carbonyl (C=O) groups excluding carboxylic acids is 1. The van der Waals surface area contributed by atoms with Gasteiger partial charge in [0.2, 0.25) is 0 Å². The Bertz CT molecular complexity index is 572. The van der Waals surface area contributed by atoms with Gasteiger partial charge in [-0.25, -0.2) is 4.79 Å². The van der Waals surface area contributed by atoms with Gasteiger partial charge in [-0.15, -0.1) is 0 Å². The third-order valence-corrected chi connectivity index (χ3v) is 3.10. The summed E-state index contributed by atoms with van der Waals surface area (Å²) >= 11 is 0. The monoisotopic (exact) mass is 333 g/mol. The fourth-order valence-corrected chi connectivity index (χ4v) is 1.83. The van der Waals surface area contributed by atoms with Crippen molar-refractivity contribution in [1.82, 2.24) is 5.32 Å². The number of hydrogen-bond donors (Lipinski definition) is 2. The van der Waals surface area contributed by atoms with E-state index in [1.54, 1.807) is 13.8 Å². The number of nitrogens with one attached hydrogen (secondary N) is 1. The van der Waals surface area contributed by atoms with E-state index in [9.17, 15) is 22.8 Å². The van der Waals surface area contributed by atoms with Crippen LogP contribution in [0.1, 0.15) is 26.3 Å². The molecule has 0 radical (unpaired) electrons. The van der Waals surface area contributed by atoms with E-state index in [-0.39, 0.29) is 5.92 Å². The number of alkyl halides is 3. The fraction of sp³-hybridized carbons (Fsp3) is 0.467. The number of amides is 1. The van der Waals surface area contributed by atoms with Gasteiger partial charge in [-0.2, -0.15) is 13.2 Å². The zero-order chi connectivity index (χ0) is 17.8. The second-order valence-electron chi connectivity index (χ2n) is 5.32. The normalized spacial score (nSPS) is 14.2. The van der Waals surface area contributed by atoms with E-state index in [1.165, 1.54) is 19.1 Å². The number of benzene rings is 1. The summed E-state index contributed by atoms with van der Waals surface area (Å²) in [5.41, 5.74) is -1.00. The molecule has 1 aromatic rings. The lowest BCUT2D eigenvalue weighted by Gasteiger charge is -2.22. The molecule has 0 saturated carbocycles. The van der Waals surface area contributed by atoms with Crippen LogP contribution in [0.15, 0.2) is 24.3 Å². The van der Waals surface area contributed by atoms with E-state index in [0.717, 1.165) is 12.1 Å². The van der Waals surface area contributed by atoms with Crippen molar-refractivity contribution >= 4 is 11.9 Å². The highest BCUT2D eigenvalue weighted by Crippen LogP contribution is 2.36. The first-order valence-corrected chi connectivity index (χ1v) is 6.90. The predicted octanol–water partition coefficient (Wildman–Crippen LogP) is 2.70. The summed E-state index contributed by atoms with van der Waals surface area (Å²) in [6.45, 7) is 4.45. The first kappa shape index (κ1) is 18.8. The standard InChI is InChI=1S/C15H18F3NO4/c1-8(2)12(14(21)22)19-13(20)9(3)23-11-7-5-4-6-10(11)15(16,17)18/h4-9,12H,1-3H3,(H,19,20)(H,21,22)/t9?,12-/m1/s1. The van der Waals surface area contributed by atoms with Gasteiger partial charge >= 0.3 is 12.1 Å². The van der Waals surface area contributed by atoms with Gasteiger partial charge in [0.05, 0.1) is 5.56 Å². The molecule has 2 N–H and O–H groups in total. The molecule has 1 rings (SSSR count). The van der Waals surface area contributed by atoms with Crippen LogP contribution in [-0.2, 0) is 15.8 Å². The lowest BCUT2D eigenvalue weighted by Crippen LogP contribution is -2.48. The third-order valence-electron chi connectivity index (χ3n) is 3.10. The molecule has 0 bridgehead atoms. The second kappa shape index (κ2) is 7.34. The first-order valence-electron chi connectivity index (χ1n) is 6.90. The minimum Gasteiger partial charge on any atom is -0.480 e. The molecule has 23 heavy (non-hydrogen) atoms. The highest BCUT2D eigenvalue weighted by atomic mass is 19.4. The Morgan fingerprint density at radius 3 is 2.22 bits per heavy atom. The SMILES string of the molecule is CC(Oc1ccccc1C(F)(F)F)C(=O)N[C@@H](C(=O)O)C(C)C. The van der Waals surface area contributed by atoms with E-state index in [4.69, 9.17) is 9.84 Å². The maximum Gasteiger partial charge on any atom is 0.419 e. The number of aliphatic carboxylic acids is 1. The second-order valence-corrected chi connectivity index (χ2v) is 5.32. The first-order chi connectivity index (χ1) is 10.5. The third kappa shape index (κ3) is 5.15. The van der Waals surface area contributed by atoms with Crippen molar-refractivity contribution in [3.05, 3.63) is 29.8 Å². The molecule has 2 atom stereocenters. The van der Waals surface area contributed by atoms with E-state index < -0.39 is 41.5 Å². The molecule has 1 unspecified atom stereocenters. The van der Waals surface area contributed by atoms with Crippen LogP contribution in [0.2, 0.25) is 0 Å². The molecule has 5 nitrogen and oxygen atoms in total. The number of carboxylic acids is 1. The molecule has 0 spiro atoms. The van der Waals surface area contributed by atoms with Gasteiger partial charge in [-0.3, -0.25) is 4.79 Å². The summed E-state index contributed by atoms with van der Waals surface area (Å²) < 4.78 is 43.7. The van der Waals surface area contributed by atoms with Crippen molar-refractivity contribution in [1.29, 1.82) is 0 Å². The minimum atomic E-state index is -4.62. The predicted molar refractivity (Wildman–Crippen MR) is 75.9 cm³/mol. The maximum absolute atomic E-state index is 12.9. The highest BCUT2D eigenvalue weighted by molar-refractivity contribution is 5.86. The van der Waals surface area contributed by atoms with Gasteiger partial charge in [-0.1, -0.05) is 26.0 Å². The highest BCUT2D eigenvalue weighted by Gasteiger charge is 2.35.